The van der Waals surface area contributed by atoms with Gasteiger partial charge in [-0.1, -0.05) is 8.64 Å². The Balaban J connectivity index is 0.000000283. The van der Waals surface area contributed by atoms with Crippen molar-refractivity contribution in [2.24, 2.45) is 0 Å². The van der Waals surface area contributed by atoms with E-state index >= 15 is 0 Å². The van der Waals surface area contributed by atoms with Crippen LogP contribution < -0.4 is 0 Å². The van der Waals surface area contributed by atoms with Crippen molar-refractivity contribution in [3.05, 3.63) is 0 Å². The molecule has 0 unspecified atom stereocenters. The number of nitrogens with zero attached hydrogens (tertiary/aromatic N) is 2. The van der Waals surface area contributed by atoms with Crippen LogP contribution in [0.1, 0.15) is 25.7 Å². The number of hydrogen-bond acceptors (Lipinski definition) is 5. The third kappa shape index (κ3) is 7.91. The standard InChI is InChI=1S/2C5H9NS2.O.V/c2*7-5(8)6-3-1-2-4-6;;/h2*1-4H2,(H,7,8);;/q;;;+2/p-2. The van der Waals surface area contributed by atoms with Gasteiger partial charge in [0.2, 0.25) is 0 Å². The zero-order chi connectivity index (χ0) is 14.0. The molecule has 18 heavy (non-hydrogen) atoms. The normalized spacial score (nSPS) is 17.4. The number of hydrogen-bond donors (Lipinski definition) is 0. The average molecular weight is 359 g/mol. The first-order chi connectivity index (χ1) is 8.61. The molecule has 0 aromatic carbocycles. The van der Waals surface area contributed by atoms with Crippen molar-refractivity contribution in [3.8, 4) is 0 Å². The summed E-state index contributed by atoms with van der Waals surface area (Å²) in [6.07, 6.45) is 5.04. The van der Waals surface area contributed by atoms with E-state index in [4.69, 9.17) is 53.4 Å². The van der Waals surface area contributed by atoms with E-state index in [1.165, 1.54) is 25.7 Å². The van der Waals surface area contributed by atoms with Gasteiger partial charge in [0.15, 0.2) is 0 Å². The van der Waals surface area contributed by atoms with E-state index in [9.17, 15) is 0 Å². The summed E-state index contributed by atoms with van der Waals surface area (Å²) in [5, 5.41) is 0. The average Bonchev–Trinajstić information content (AvgIpc) is 3.06. The summed E-state index contributed by atoms with van der Waals surface area (Å²) in [7, 11) is 0. The third-order valence-electron chi connectivity index (χ3n) is 2.73. The molecule has 0 radical (unpaired) electrons. The van der Waals surface area contributed by atoms with Crippen LogP contribution in [0.15, 0.2) is 0 Å². The van der Waals surface area contributed by atoms with Crippen LogP contribution in [0.25, 0.3) is 0 Å². The molecule has 0 amide bonds. The van der Waals surface area contributed by atoms with Crippen molar-refractivity contribution >= 4 is 58.3 Å². The Morgan fingerprint density at radius 2 is 1.00 bits per heavy atom. The van der Waals surface area contributed by atoms with Gasteiger partial charge in [-0.05, 0) is 25.7 Å². The summed E-state index contributed by atoms with van der Waals surface area (Å²) in [5.41, 5.74) is 0. The Morgan fingerprint density at radius 3 is 1.11 bits per heavy atom. The Kier molecular flexibility index (Phi) is 11.8. The molecule has 2 fully saturated rings. The van der Waals surface area contributed by atoms with Crippen LogP contribution in [0.2, 0.25) is 0 Å². The van der Waals surface area contributed by atoms with Crippen molar-refractivity contribution in [2.75, 3.05) is 26.2 Å². The Bertz CT molecular complexity index is 243. The van der Waals surface area contributed by atoms with Gasteiger partial charge in [-0.15, -0.1) is 0 Å². The van der Waals surface area contributed by atoms with Crippen molar-refractivity contribution in [1.82, 2.24) is 9.80 Å². The molecule has 0 aromatic heterocycles. The molecule has 2 aliphatic rings. The third-order valence-corrected chi connectivity index (χ3v) is 3.76. The molecule has 0 aliphatic carbocycles. The SMILES string of the molecule is S=C([S-])N1CCCC1.S=C([S-])N1CCCC1.[O]=[V+2]. The van der Waals surface area contributed by atoms with Gasteiger partial charge in [0.25, 0.3) is 0 Å². The van der Waals surface area contributed by atoms with Crippen LogP contribution in [0.4, 0.5) is 0 Å². The quantitative estimate of drug-likeness (QED) is 0.479. The predicted octanol–water partition coefficient (Wildman–Crippen LogP) is 1.71. The van der Waals surface area contributed by atoms with Gasteiger partial charge in [0, 0.05) is 26.2 Å². The Morgan fingerprint density at radius 1 is 0.778 bits per heavy atom. The van der Waals surface area contributed by atoms with Gasteiger partial charge in [-0.2, -0.15) is 0 Å². The van der Waals surface area contributed by atoms with Crippen molar-refractivity contribution in [3.63, 3.8) is 0 Å². The summed E-state index contributed by atoms with van der Waals surface area (Å²) < 4.78 is 9.47. The minimum absolute atomic E-state index is 0.641. The second-order valence-corrected chi connectivity index (χ2v) is 5.98. The summed E-state index contributed by atoms with van der Waals surface area (Å²) in [4.78, 5) is 4.15. The number of thiocarbonyl (C=S) groups is 2. The van der Waals surface area contributed by atoms with Gasteiger partial charge in [-0.25, -0.2) is 0 Å². The molecule has 3 nitrogen and oxygen atoms in total. The molecule has 0 N–H and O–H groups in total. The van der Waals surface area contributed by atoms with Crippen molar-refractivity contribution < 1.29 is 21.0 Å². The topological polar surface area (TPSA) is 23.6 Å². The first kappa shape index (κ1) is 18.6. The molecule has 0 spiro atoms. The van der Waals surface area contributed by atoms with Gasteiger partial charge in [-0.3, -0.25) is 0 Å². The summed E-state index contributed by atoms with van der Waals surface area (Å²) in [5.74, 6) is 0. The first-order valence-electron chi connectivity index (χ1n) is 5.71. The zero-order valence-electron chi connectivity index (χ0n) is 10.0. The molecule has 0 aromatic rings. The fraction of sp³-hybridized carbons (Fsp3) is 0.800. The molecule has 2 rings (SSSR count). The van der Waals surface area contributed by atoms with E-state index < -0.39 is 0 Å². The van der Waals surface area contributed by atoms with Gasteiger partial charge in [0.05, 0.1) is 0 Å². The summed E-state index contributed by atoms with van der Waals surface area (Å²) >= 11 is 20.2. The molecule has 101 valence electrons. The van der Waals surface area contributed by atoms with Crippen LogP contribution >= 0.6 is 24.4 Å². The fourth-order valence-corrected chi connectivity index (χ4v) is 2.53. The maximum atomic E-state index is 8.19. The van der Waals surface area contributed by atoms with Crippen LogP contribution in [-0.4, -0.2) is 44.6 Å². The minimum atomic E-state index is 0.641. The molecular formula is C10H16N2OS4V. The van der Waals surface area contributed by atoms with E-state index in [2.05, 4.69) is 9.80 Å². The van der Waals surface area contributed by atoms with Crippen LogP contribution in [0.3, 0.4) is 0 Å². The van der Waals surface area contributed by atoms with Crippen LogP contribution in [0.5, 0.6) is 0 Å². The van der Waals surface area contributed by atoms with Crippen LogP contribution in [0, 0.1) is 0 Å². The molecule has 2 saturated heterocycles. The van der Waals surface area contributed by atoms with E-state index in [0.29, 0.717) is 8.64 Å². The van der Waals surface area contributed by atoms with Crippen molar-refractivity contribution in [1.29, 1.82) is 0 Å². The second kappa shape index (κ2) is 11.4. The second-order valence-electron chi connectivity index (χ2n) is 3.92. The van der Waals surface area contributed by atoms with E-state index in [-0.39, 0.29) is 0 Å². The summed E-state index contributed by atoms with van der Waals surface area (Å²) in [6.45, 7) is 4.34. The number of likely N-dealkylation sites (tertiary alicyclic amines) is 2. The van der Waals surface area contributed by atoms with Gasteiger partial charge >= 0.3 is 21.0 Å². The van der Waals surface area contributed by atoms with Crippen molar-refractivity contribution in [2.45, 2.75) is 25.7 Å². The van der Waals surface area contributed by atoms with Gasteiger partial charge < -0.3 is 59.5 Å². The molecule has 0 saturated carbocycles. The fourth-order valence-electron chi connectivity index (χ4n) is 1.80. The van der Waals surface area contributed by atoms with E-state index in [1.807, 2.05) is 0 Å². The monoisotopic (exact) mass is 359 g/mol. The molecule has 0 atom stereocenters. The Hall–Kier alpha value is 0.604. The molecular weight excluding hydrogens is 343 g/mol. The molecule has 0 bridgehead atoms. The molecule has 2 heterocycles. The predicted molar refractivity (Wildman–Crippen MR) is 82.2 cm³/mol. The maximum absolute atomic E-state index is 8.19. The van der Waals surface area contributed by atoms with E-state index in [0.717, 1.165) is 43.5 Å². The first-order valence-corrected chi connectivity index (χ1v) is 7.91. The van der Waals surface area contributed by atoms with Gasteiger partial charge in [0.1, 0.15) is 0 Å². The Labute approximate surface area is 140 Å². The van der Waals surface area contributed by atoms with Crippen LogP contribution in [-0.2, 0) is 46.3 Å². The van der Waals surface area contributed by atoms with E-state index in [1.54, 1.807) is 0 Å². The molecule has 8 heteroatoms. The zero-order valence-corrected chi connectivity index (χ0v) is 14.7. The number of rotatable bonds is 0. The molecule has 2 aliphatic heterocycles. The summed E-state index contributed by atoms with van der Waals surface area (Å²) in [6, 6.07) is 0.